The summed E-state index contributed by atoms with van der Waals surface area (Å²) in [4.78, 5) is 14.1. The van der Waals surface area contributed by atoms with Gasteiger partial charge in [-0.2, -0.15) is 0 Å². The number of hydrogen-bond acceptors (Lipinski definition) is 3. The first-order valence-electron chi connectivity index (χ1n) is 7.97. The summed E-state index contributed by atoms with van der Waals surface area (Å²) in [7, 11) is -1.91. The van der Waals surface area contributed by atoms with Crippen molar-refractivity contribution >= 4 is 15.9 Å². The van der Waals surface area contributed by atoms with Crippen LogP contribution in [0.1, 0.15) is 28.8 Å². The Bertz CT molecular complexity index is 877. The standard InChI is InChI=1S/C18H19FN2O3S/c1-21(12-13-3-2-4-15(19)11-13)18(22)14-5-9-17(10-6-14)25(23,24)20-16-7-8-16/h2-6,9-11,16,20H,7-8,12H2,1H3. The summed E-state index contributed by atoms with van der Waals surface area (Å²) in [6, 6.07) is 11.9. The maximum absolute atomic E-state index is 13.2. The number of amides is 1. The number of halogens is 1. The first-order valence-corrected chi connectivity index (χ1v) is 9.46. The molecule has 0 atom stereocenters. The molecular formula is C18H19FN2O3S. The molecule has 3 rings (SSSR count). The highest BCUT2D eigenvalue weighted by Crippen LogP contribution is 2.22. The minimum atomic E-state index is -3.53. The second-order valence-corrected chi connectivity index (χ2v) is 7.93. The molecule has 0 saturated heterocycles. The molecule has 1 fully saturated rings. The van der Waals surface area contributed by atoms with Gasteiger partial charge in [0.2, 0.25) is 10.0 Å². The highest BCUT2D eigenvalue weighted by atomic mass is 32.2. The van der Waals surface area contributed by atoms with Crippen molar-refractivity contribution in [3.05, 3.63) is 65.5 Å². The lowest BCUT2D eigenvalue weighted by molar-refractivity contribution is 0.0785. The lowest BCUT2D eigenvalue weighted by Gasteiger charge is -2.17. The van der Waals surface area contributed by atoms with E-state index in [1.165, 1.54) is 41.3 Å². The molecule has 5 nitrogen and oxygen atoms in total. The van der Waals surface area contributed by atoms with E-state index in [2.05, 4.69) is 4.72 Å². The van der Waals surface area contributed by atoms with E-state index < -0.39 is 10.0 Å². The fourth-order valence-electron chi connectivity index (χ4n) is 2.47. The molecule has 2 aromatic carbocycles. The van der Waals surface area contributed by atoms with Gasteiger partial charge in [-0.3, -0.25) is 4.79 Å². The van der Waals surface area contributed by atoms with Gasteiger partial charge < -0.3 is 4.90 Å². The van der Waals surface area contributed by atoms with Gasteiger partial charge >= 0.3 is 0 Å². The van der Waals surface area contributed by atoms with Gasteiger partial charge in [0.1, 0.15) is 5.82 Å². The lowest BCUT2D eigenvalue weighted by Crippen LogP contribution is -2.27. The topological polar surface area (TPSA) is 66.5 Å². The largest absolute Gasteiger partial charge is 0.337 e. The summed E-state index contributed by atoms with van der Waals surface area (Å²) in [5, 5.41) is 0. The van der Waals surface area contributed by atoms with Gasteiger partial charge in [0.05, 0.1) is 4.90 Å². The second kappa shape index (κ2) is 6.93. The summed E-state index contributed by atoms with van der Waals surface area (Å²) >= 11 is 0. The number of hydrogen-bond donors (Lipinski definition) is 1. The van der Waals surface area contributed by atoms with E-state index in [1.54, 1.807) is 19.2 Å². The molecule has 7 heteroatoms. The number of sulfonamides is 1. The average molecular weight is 362 g/mol. The van der Waals surface area contributed by atoms with Crippen LogP contribution in [-0.2, 0) is 16.6 Å². The van der Waals surface area contributed by atoms with E-state index in [4.69, 9.17) is 0 Å². The Kier molecular flexibility index (Phi) is 4.87. The lowest BCUT2D eigenvalue weighted by atomic mass is 10.1. The highest BCUT2D eigenvalue weighted by molar-refractivity contribution is 7.89. The van der Waals surface area contributed by atoms with Crippen molar-refractivity contribution in [2.45, 2.75) is 30.3 Å². The minimum Gasteiger partial charge on any atom is -0.337 e. The van der Waals surface area contributed by atoms with Crippen LogP contribution in [0.4, 0.5) is 4.39 Å². The summed E-state index contributed by atoms with van der Waals surface area (Å²) in [5.41, 5.74) is 1.06. The number of nitrogens with zero attached hydrogens (tertiary/aromatic N) is 1. The molecular weight excluding hydrogens is 343 g/mol. The van der Waals surface area contributed by atoms with Crippen molar-refractivity contribution < 1.29 is 17.6 Å². The Morgan fingerprint density at radius 2 is 1.88 bits per heavy atom. The Morgan fingerprint density at radius 1 is 1.20 bits per heavy atom. The molecule has 1 aliphatic carbocycles. The molecule has 0 unspecified atom stereocenters. The van der Waals surface area contributed by atoms with Crippen LogP contribution in [-0.4, -0.2) is 32.3 Å². The van der Waals surface area contributed by atoms with Crippen LogP contribution >= 0.6 is 0 Å². The average Bonchev–Trinajstić information content (AvgIpc) is 3.37. The third-order valence-corrected chi connectivity index (χ3v) is 5.50. The van der Waals surface area contributed by atoms with Crippen molar-refractivity contribution in [1.29, 1.82) is 0 Å². The molecule has 1 saturated carbocycles. The molecule has 0 spiro atoms. The van der Waals surface area contributed by atoms with Gasteiger partial charge in [0.25, 0.3) is 5.91 Å². The van der Waals surface area contributed by atoms with Crippen LogP contribution in [0.2, 0.25) is 0 Å². The zero-order valence-corrected chi connectivity index (χ0v) is 14.6. The third kappa shape index (κ3) is 4.43. The maximum Gasteiger partial charge on any atom is 0.253 e. The Hall–Kier alpha value is -2.25. The smallest absolute Gasteiger partial charge is 0.253 e. The number of benzene rings is 2. The molecule has 0 heterocycles. The molecule has 0 aliphatic heterocycles. The van der Waals surface area contributed by atoms with Crippen molar-refractivity contribution in [2.24, 2.45) is 0 Å². The van der Waals surface area contributed by atoms with Gasteiger partial charge in [-0.1, -0.05) is 12.1 Å². The van der Waals surface area contributed by atoms with Gasteiger partial charge in [0.15, 0.2) is 0 Å². The SMILES string of the molecule is CN(Cc1cccc(F)c1)C(=O)c1ccc(S(=O)(=O)NC2CC2)cc1. The minimum absolute atomic E-state index is 0.0312. The Balaban J connectivity index is 1.69. The van der Waals surface area contributed by atoms with Crippen LogP contribution in [0.3, 0.4) is 0 Å². The first-order chi connectivity index (χ1) is 11.8. The Labute approximate surface area is 146 Å². The van der Waals surface area contributed by atoms with E-state index in [0.717, 1.165) is 12.8 Å². The van der Waals surface area contributed by atoms with Crippen LogP contribution in [0, 0.1) is 5.82 Å². The predicted octanol–water partition coefficient (Wildman–Crippen LogP) is 2.54. The third-order valence-electron chi connectivity index (χ3n) is 3.97. The molecule has 0 radical (unpaired) electrons. The molecule has 1 amide bonds. The molecule has 2 aromatic rings. The fourth-order valence-corrected chi connectivity index (χ4v) is 3.77. The monoisotopic (exact) mass is 362 g/mol. The van der Waals surface area contributed by atoms with Gasteiger partial charge in [-0.25, -0.2) is 17.5 Å². The van der Waals surface area contributed by atoms with E-state index in [9.17, 15) is 17.6 Å². The van der Waals surface area contributed by atoms with E-state index in [0.29, 0.717) is 11.1 Å². The summed E-state index contributed by atoms with van der Waals surface area (Å²) in [6.45, 7) is 0.264. The molecule has 0 bridgehead atoms. The summed E-state index contributed by atoms with van der Waals surface area (Å²) in [5.74, 6) is -0.612. The van der Waals surface area contributed by atoms with E-state index in [1.807, 2.05) is 0 Å². The van der Waals surface area contributed by atoms with Gasteiger partial charge in [-0.05, 0) is 54.8 Å². The van der Waals surface area contributed by atoms with Crippen molar-refractivity contribution in [2.75, 3.05) is 7.05 Å². The molecule has 25 heavy (non-hydrogen) atoms. The number of rotatable bonds is 6. The molecule has 1 aliphatic rings. The first kappa shape index (κ1) is 17.6. The summed E-state index contributed by atoms with van der Waals surface area (Å²) < 4.78 is 40.1. The molecule has 1 N–H and O–H groups in total. The van der Waals surface area contributed by atoms with E-state index >= 15 is 0 Å². The number of carbonyl (C=O) groups excluding carboxylic acids is 1. The summed E-state index contributed by atoms with van der Waals surface area (Å²) in [6.07, 6.45) is 1.72. The number of nitrogens with one attached hydrogen (secondary N) is 1. The predicted molar refractivity (Wildman–Crippen MR) is 92.0 cm³/mol. The molecule has 132 valence electrons. The van der Waals surface area contributed by atoms with Crippen molar-refractivity contribution in [1.82, 2.24) is 9.62 Å². The van der Waals surface area contributed by atoms with E-state index in [-0.39, 0.29) is 29.2 Å². The highest BCUT2D eigenvalue weighted by Gasteiger charge is 2.28. The number of carbonyl (C=O) groups is 1. The van der Waals surface area contributed by atoms with Crippen molar-refractivity contribution in [3.8, 4) is 0 Å². The van der Waals surface area contributed by atoms with Crippen LogP contribution in [0.15, 0.2) is 53.4 Å². The molecule has 0 aromatic heterocycles. The maximum atomic E-state index is 13.2. The van der Waals surface area contributed by atoms with Crippen LogP contribution in [0.5, 0.6) is 0 Å². The fraction of sp³-hybridized carbons (Fsp3) is 0.278. The van der Waals surface area contributed by atoms with Crippen LogP contribution < -0.4 is 4.72 Å². The van der Waals surface area contributed by atoms with Gasteiger partial charge in [0, 0.05) is 25.2 Å². The van der Waals surface area contributed by atoms with Crippen molar-refractivity contribution in [3.63, 3.8) is 0 Å². The quantitative estimate of drug-likeness (QED) is 0.859. The normalized spacial score (nSPS) is 14.3. The second-order valence-electron chi connectivity index (χ2n) is 6.21. The Morgan fingerprint density at radius 3 is 2.48 bits per heavy atom. The zero-order valence-electron chi connectivity index (χ0n) is 13.8. The van der Waals surface area contributed by atoms with Gasteiger partial charge in [-0.15, -0.1) is 0 Å². The van der Waals surface area contributed by atoms with Crippen LogP contribution in [0.25, 0.3) is 0 Å². The zero-order chi connectivity index (χ0) is 18.0.